The average molecular weight is 151 g/mol. The molecule has 0 saturated heterocycles. The Morgan fingerprint density at radius 2 is 2.18 bits per heavy atom. The van der Waals surface area contributed by atoms with Crippen molar-refractivity contribution in [3.63, 3.8) is 0 Å². The topological polar surface area (TPSA) is 15.4 Å². The lowest BCUT2D eigenvalue weighted by atomic mass is 9.98. The highest BCUT2D eigenvalue weighted by molar-refractivity contribution is 5.38. The quantitative estimate of drug-likeness (QED) is 0.548. The van der Waals surface area contributed by atoms with Crippen LogP contribution in [0.15, 0.2) is 17.4 Å². The third-order valence-electron chi connectivity index (χ3n) is 2.13. The average Bonchev–Trinajstić information content (AvgIpc) is 2.39. The van der Waals surface area contributed by atoms with Crippen LogP contribution < -0.4 is 0 Å². The van der Waals surface area contributed by atoms with Crippen LogP contribution in [0.4, 0.5) is 0 Å². The first-order valence-corrected chi connectivity index (χ1v) is 4.09. The monoisotopic (exact) mass is 151 g/mol. The second kappa shape index (κ2) is 3.49. The highest BCUT2D eigenvalue weighted by Gasteiger charge is 2.11. The highest BCUT2D eigenvalue weighted by atomic mass is 15.0. The standard InChI is InChI=1S/C9H15N2/c1-8(2)9(3)6-11-5-4-10-7-11/h4-5,8-9H,6H2,1-3H3/q+1. The van der Waals surface area contributed by atoms with Crippen LogP contribution in [0.1, 0.15) is 20.8 Å². The van der Waals surface area contributed by atoms with Crippen molar-refractivity contribution < 1.29 is 4.58 Å². The molecule has 0 aromatic rings. The summed E-state index contributed by atoms with van der Waals surface area (Å²) in [5, 5.41) is 0. The van der Waals surface area contributed by atoms with Gasteiger partial charge in [-0.05, 0) is 11.8 Å². The van der Waals surface area contributed by atoms with E-state index in [1.807, 2.05) is 10.8 Å². The van der Waals surface area contributed by atoms with E-state index in [4.69, 9.17) is 0 Å². The van der Waals surface area contributed by atoms with Gasteiger partial charge < -0.3 is 0 Å². The van der Waals surface area contributed by atoms with Gasteiger partial charge >= 0.3 is 6.01 Å². The maximum absolute atomic E-state index is 3.87. The Balaban J connectivity index is 2.43. The molecular weight excluding hydrogens is 136 g/mol. The zero-order chi connectivity index (χ0) is 8.27. The van der Waals surface area contributed by atoms with Crippen molar-refractivity contribution in [2.75, 3.05) is 6.54 Å². The van der Waals surface area contributed by atoms with Crippen LogP contribution in [0.25, 0.3) is 0 Å². The van der Waals surface area contributed by atoms with E-state index in [1.165, 1.54) is 0 Å². The summed E-state index contributed by atoms with van der Waals surface area (Å²) in [6.45, 7) is 7.75. The van der Waals surface area contributed by atoms with Crippen molar-refractivity contribution in [3.05, 3.63) is 12.4 Å². The van der Waals surface area contributed by atoms with Gasteiger partial charge in [-0.2, -0.15) is 4.58 Å². The van der Waals surface area contributed by atoms with Gasteiger partial charge in [-0.1, -0.05) is 20.8 Å². The van der Waals surface area contributed by atoms with E-state index in [-0.39, 0.29) is 0 Å². The van der Waals surface area contributed by atoms with Crippen LogP contribution in [-0.2, 0) is 0 Å². The van der Waals surface area contributed by atoms with Gasteiger partial charge in [-0.25, -0.2) is 0 Å². The Kier molecular flexibility index (Phi) is 2.61. The molecule has 1 aliphatic heterocycles. The first-order chi connectivity index (χ1) is 5.20. The third-order valence-corrected chi connectivity index (χ3v) is 2.13. The van der Waals surface area contributed by atoms with Crippen LogP contribution in [-0.4, -0.2) is 17.1 Å². The molecule has 0 bridgehead atoms. The lowest BCUT2D eigenvalue weighted by Crippen LogP contribution is -2.17. The summed E-state index contributed by atoms with van der Waals surface area (Å²) in [7, 11) is 0. The Labute approximate surface area is 68.0 Å². The SMILES string of the molecule is CC(C)C(C)C[N+]1=C=NC=C1. The summed E-state index contributed by atoms with van der Waals surface area (Å²) < 4.78 is 2.00. The second-order valence-electron chi connectivity index (χ2n) is 3.40. The van der Waals surface area contributed by atoms with E-state index in [2.05, 4.69) is 31.8 Å². The van der Waals surface area contributed by atoms with Gasteiger partial charge in [0.2, 0.25) is 0 Å². The highest BCUT2D eigenvalue weighted by Crippen LogP contribution is 2.09. The van der Waals surface area contributed by atoms with E-state index in [1.54, 1.807) is 6.20 Å². The van der Waals surface area contributed by atoms with Crippen LogP contribution in [0, 0.1) is 11.8 Å². The number of hydrogen-bond donors (Lipinski definition) is 0. The molecule has 0 fully saturated rings. The Bertz CT molecular complexity index is 220. The maximum atomic E-state index is 3.87. The summed E-state index contributed by atoms with van der Waals surface area (Å²) >= 11 is 0. The van der Waals surface area contributed by atoms with Gasteiger partial charge in [0.1, 0.15) is 12.7 Å². The van der Waals surface area contributed by atoms with Gasteiger partial charge in [-0.3, -0.25) is 0 Å². The maximum Gasteiger partial charge on any atom is 0.317 e. The molecule has 0 aromatic carbocycles. The van der Waals surface area contributed by atoms with Crippen molar-refractivity contribution >= 4 is 6.01 Å². The number of hydrogen-bond acceptors (Lipinski definition) is 1. The molecule has 1 heterocycles. The molecule has 1 atom stereocenters. The molecule has 0 aromatic heterocycles. The fourth-order valence-corrected chi connectivity index (χ4v) is 0.877. The molecule has 0 radical (unpaired) electrons. The number of rotatable bonds is 3. The van der Waals surface area contributed by atoms with Gasteiger partial charge in [0.25, 0.3) is 0 Å². The molecule has 0 spiro atoms. The summed E-state index contributed by atoms with van der Waals surface area (Å²) in [6.07, 6.45) is 3.73. The molecule has 11 heavy (non-hydrogen) atoms. The van der Waals surface area contributed by atoms with Crippen molar-refractivity contribution in [1.29, 1.82) is 0 Å². The Morgan fingerprint density at radius 3 is 2.64 bits per heavy atom. The minimum absolute atomic E-state index is 0.695. The summed E-state index contributed by atoms with van der Waals surface area (Å²) in [4.78, 5) is 3.87. The smallest absolute Gasteiger partial charge is 0.188 e. The lowest BCUT2D eigenvalue weighted by Gasteiger charge is -2.11. The molecule has 2 nitrogen and oxygen atoms in total. The zero-order valence-electron chi connectivity index (χ0n) is 7.41. The van der Waals surface area contributed by atoms with E-state index >= 15 is 0 Å². The van der Waals surface area contributed by atoms with Crippen molar-refractivity contribution in [2.24, 2.45) is 16.8 Å². The third kappa shape index (κ3) is 2.32. The number of nitrogens with zero attached hydrogens (tertiary/aromatic N) is 2. The lowest BCUT2D eigenvalue weighted by molar-refractivity contribution is -0.457. The van der Waals surface area contributed by atoms with Crippen LogP contribution in [0.2, 0.25) is 0 Å². The van der Waals surface area contributed by atoms with E-state index < -0.39 is 0 Å². The normalized spacial score (nSPS) is 17.6. The zero-order valence-corrected chi connectivity index (χ0v) is 7.41. The first kappa shape index (κ1) is 8.22. The largest absolute Gasteiger partial charge is 0.317 e. The molecule has 0 amide bonds. The molecule has 0 N–H and O–H groups in total. The molecule has 0 saturated carbocycles. The molecule has 2 heteroatoms. The Hall–Kier alpha value is -0.880. The molecule has 1 rings (SSSR count). The molecular formula is C9H15N2+. The first-order valence-electron chi connectivity index (χ1n) is 4.09. The molecule has 60 valence electrons. The summed E-state index contributed by atoms with van der Waals surface area (Å²) in [5.41, 5.74) is 0. The Morgan fingerprint density at radius 1 is 1.45 bits per heavy atom. The summed E-state index contributed by atoms with van der Waals surface area (Å²) in [5.74, 6) is 1.42. The number of aliphatic imine (C=N–C) groups is 1. The predicted molar refractivity (Wildman–Crippen MR) is 45.7 cm³/mol. The van der Waals surface area contributed by atoms with E-state index in [0.717, 1.165) is 12.5 Å². The molecule has 1 unspecified atom stereocenters. The van der Waals surface area contributed by atoms with E-state index in [9.17, 15) is 0 Å². The van der Waals surface area contributed by atoms with E-state index in [0.29, 0.717) is 5.92 Å². The van der Waals surface area contributed by atoms with Gasteiger partial charge in [0.15, 0.2) is 6.20 Å². The fraction of sp³-hybridized carbons (Fsp3) is 0.667. The van der Waals surface area contributed by atoms with Crippen molar-refractivity contribution in [1.82, 2.24) is 0 Å². The van der Waals surface area contributed by atoms with Gasteiger partial charge in [0, 0.05) is 4.99 Å². The minimum Gasteiger partial charge on any atom is -0.188 e. The fourth-order valence-electron chi connectivity index (χ4n) is 0.877. The predicted octanol–water partition coefficient (Wildman–Crippen LogP) is 1.95. The minimum atomic E-state index is 0.695. The van der Waals surface area contributed by atoms with Crippen molar-refractivity contribution in [2.45, 2.75) is 20.8 Å². The van der Waals surface area contributed by atoms with Crippen LogP contribution in [0.5, 0.6) is 0 Å². The van der Waals surface area contributed by atoms with Gasteiger partial charge in [0.05, 0.1) is 0 Å². The van der Waals surface area contributed by atoms with Crippen LogP contribution >= 0.6 is 0 Å². The second-order valence-corrected chi connectivity index (χ2v) is 3.40. The van der Waals surface area contributed by atoms with Crippen molar-refractivity contribution in [3.8, 4) is 0 Å². The molecule has 0 aliphatic carbocycles. The summed E-state index contributed by atoms with van der Waals surface area (Å²) in [6, 6.07) is 2.89. The molecule has 1 aliphatic rings. The van der Waals surface area contributed by atoms with Gasteiger partial charge in [-0.15, -0.1) is 0 Å². The van der Waals surface area contributed by atoms with Crippen LogP contribution in [0.3, 0.4) is 0 Å².